The van der Waals surface area contributed by atoms with Crippen molar-refractivity contribution in [2.75, 3.05) is 44.2 Å². The van der Waals surface area contributed by atoms with Gasteiger partial charge in [0.2, 0.25) is 5.91 Å². The predicted octanol–water partition coefficient (Wildman–Crippen LogP) is 4.39. The number of nitrogens with zero attached hydrogens (tertiary/aromatic N) is 3. The lowest BCUT2D eigenvalue weighted by molar-refractivity contribution is -0.118. The van der Waals surface area contributed by atoms with Crippen LogP contribution in [0, 0.1) is 12.7 Å². The molecule has 1 saturated heterocycles. The lowest BCUT2D eigenvalue weighted by Gasteiger charge is -2.35. The molecule has 0 aliphatic carbocycles. The third-order valence-electron chi connectivity index (χ3n) is 6.64. The summed E-state index contributed by atoms with van der Waals surface area (Å²) in [6.45, 7) is 8.96. The Bertz CT molecular complexity index is 1390. The molecule has 0 saturated carbocycles. The number of piperazine rings is 1. The largest absolute Gasteiger partial charge is 0.423 e. The lowest BCUT2D eigenvalue weighted by atomic mass is 10.1. The van der Waals surface area contributed by atoms with Crippen molar-refractivity contribution in [3.8, 4) is 0 Å². The smallest absolute Gasteiger partial charge is 0.336 e. The van der Waals surface area contributed by atoms with E-state index in [2.05, 4.69) is 4.90 Å². The molecule has 1 aliphatic heterocycles. The maximum Gasteiger partial charge on any atom is 0.336 e. The van der Waals surface area contributed by atoms with Crippen LogP contribution in [0.3, 0.4) is 0 Å². The van der Waals surface area contributed by atoms with Crippen LogP contribution in [-0.2, 0) is 4.79 Å². The monoisotopic (exact) mass is 505 g/mol. The number of hydrogen-bond acceptors (Lipinski definition) is 5. The van der Waals surface area contributed by atoms with Gasteiger partial charge in [0.1, 0.15) is 11.4 Å². The number of amides is 2. The van der Waals surface area contributed by atoms with Crippen molar-refractivity contribution < 1.29 is 18.4 Å². The Morgan fingerprint density at radius 2 is 1.78 bits per heavy atom. The summed E-state index contributed by atoms with van der Waals surface area (Å²) in [6.07, 6.45) is 2.29. The molecule has 0 bridgehead atoms. The molecule has 0 radical (unpaired) electrons. The van der Waals surface area contributed by atoms with Crippen LogP contribution in [-0.4, -0.2) is 60.9 Å². The van der Waals surface area contributed by atoms with E-state index in [0.717, 1.165) is 16.5 Å². The maximum atomic E-state index is 14.0. The summed E-state index contributed by atoms with van der Waals surface area (Å²) >= 11 is 0. The second-order valence-electron chi connectivity index (χ2n) is 9.58. The van der Waals surface area contributed by atoms with E-state index < -0.39 is 11.4 Å². The van der Waals surface area contributed by atoms with Crippen LogP contribution in [0.1, 0.15) is 36.2 Å². The zero-order chi connectivity index (χ0) is 26.5. The summed E-state index contributed by atoms with van der Waals surface area (Å²) in [5, 5.41) is 0.834. The molecule has 8 heteroatoms. The first kappa shape index (κ1) is 26.3. The molecular weight excluding hydrogens is 473 g/mol. The van der Waals surface area contributed by atoms with Crippen LogP contribution in [0.5, 0.6) is 0 Å². The fourth-order valence-electron chi connectivity index (χ4n) is 4.47. The first-order valence-corrected chi connectivity index (χ1v) is 12.5. The molecule has 3 aromatic rings. The van der Waals surface area contributed by atoms with Crippen LogP contribution in [0.25, 0.3) is 11.0 Å². The van der Waals surface area contributed by atoms with E-state index in [1.165, 1.54) is 18.2 Å². The molecule has 0 spiro atoms. The summed E-state index contributed by atoms with van der Waals surface area (Å²) in [7, 11) is 0. The van der Waals surface area contributed by atoms with Gasteiger partial charge in [-0.3, -0.25) is 14.5 Å². The number of allylic oxidation sites excluding steroid dienone is 1. The first-order valence-electron chi connectivity index (χ1n) is 12.5. The van der Waals surface area contributed by atoms with E-state index in [-0.39, 0.29) is 17.4 Å². The van der Waals surface area contributed by atoms with Crippen LogP contribution >= 0.6 is 0 Å². The number of aryl methyl sites for hydroxylation is 1. The van der Waals surface area contributed by atoms with Gasteiger partial charge < -0.3 is 14.2 Å². The average Bonchev–Trinajstić information content (AvgIpc) is 2.87. The summed E-state index contributed by atoms with van der Waals surface area (Å²) in [6, 6.07) is 13.0. The minimum atomic E-state index is -0.514. The van der Waals surface area contributed by atoms with Crippen molar-refractivity contribution >= 4 is 28.5 Å². The molecular formula is C29H32FN3O4. The molecule has 0 N–H and O–H groups in total. The number of hydrogen-bond donors (Lipinski definition) is 0. The van der Waals surface area contributed by atoms with Crippen LogP contribution < -0.4 is 10.5 Å². The van der Waals surface area contributed by atoms with Crippen molar-refractivity contribution in [3.05, 3.63) is 87.5 Å². The Morgan fingerprint density at radius 1 is 1.05 bits per heavy atom. The minimum Gasteiger partial charge on any atom is -0.423 e. The highest BCUT2D eigenvalue weighted by Crippen LogP contribution is 2.24. The molecule has 7 nitrogen and oxygen atoms in total. The minimum absolute atomic E-state index is 0.0447. The SMILES string of the molecule is CC(C)=CCN(C(=O)CCN1CCN(C(=O)c2ccccc2F)CC1)c1ccc2c(C)cc(=O)oc2c1. The molecule has 37 heavy (non-hydrogen) atoms. The van der Waals surface area contributed by atoms with E-state index in [4.69, 9.17) is 4.42 Å². The van der Waals surface area contributed by atoms with Crippen molar-refractivity contribution in [1.82, 2.24) is 9.80 Å². The summed E-state index contributed by atoms with van der Waals surface area (Å²) in [5.74, 6) is -0.864. The molecule has 0 atom stereocenters. The highest BCUT2D eigenvalue weighted by molar-refractivity contribution is 5.96. The average molecular weight is 506 g/mol. The fourth-order valence-corrected chi connectivity index (χ4v) is 4.47. The van der Waals surface area contributed by atoms with E-state index >= 15 is 0 Å². The number of benzene rings is 2. The van der Waals surface area contributed by atoms with Gasteiger partial charge in [0.15, 0.2) is 0 Å². The zero-order valence-electron chi connectivity index (χ0n) is 21.5. The molecule has 1 aromatic heterocycles. The normalized spacial score (nSPS) is 14.0. The molecule has 194 valence electrons. The third-order valence-corrected chi connectivity index (χ3v) is 6.64. The number of fused-ring (bicyclic) bond motifs is 1. The lowest BCUT2D eigenvalue weighted by Crippen LogP contribution is -2.49. The highest BCUT2D eigenvalue weighted by Gasteiger charge is 2.25. The third kappa shape index (κ3) is 6.32. The van der Waals surface area contributed by atoms with Gasteiger partial charge in [-0.15, -0.1) is 0 Å². The van der Waals surface area contributed by atoms with Gasteiger partial charge >= 0.3 is 5.63 Å². The molecule has 2 amide bonds. The van der Waals surface area contributed by atoms with Gasteiger partial charge in [0.25, 0.3) is 5.91 Å². The Morgan fingerprint density at radius 3 is 2.49 bits per heavy atom. The Kier molecular flexibility index (Phi) is 8.18. The molecule has 0 unspecified atom stereocenters. The Balaban J connectivity index is 1.41. The maximum absolute atomic E-state index is 14.0. The van der Waals surface area contributed by atoms with Crippen LogP contribution in [0.15, 0.2) is 69.4 Å². The summed E-state index contributed by atoms with van der Waals surface area (Å²) in [4.78, 5) is 43.4. The Hall–Kier alpha value is -3.78. The van der Waals surface area contributed by atoms with Crippen molar-refractivity contribution in [2.45, 2.75) is 27.2 Å². The summed E-state index contributed by atoms with van der Waals surface area (Å²) in [5.41, 5.74) is 2.71. The number of carbonyl (C=O) groups excluding carboxylic acids is 2. The van der Waals surface area contributed by atoms with Crippen LogP contribution in [0.4, 0.5) is 10.1 Å². The first-order chi connectivity index (χ1) is 17.7. The van der Waals surface area contributed by atoms with Crippen LogP contribution in [0.2, 0.25) is 0 Å². The van der Waals surface area contributed by atoms with Crippen molar-refractivity contribution in [2.24, 2.45) is 0 Å². The van der Waals surface area contributed by atoms with E-state index in [0.29, 0.717) is 57.0 Å². The number of rotatable bonds is 7. The van der Waals surface area contributed by atoms with Gasteiger partial charge in [0.05, 0.1) is 5.56 Å². The number of anilines is 1. The molecule has 2 aromatic carbocycles. The number of halogens is 1. The van der Waals surface area contributed by atoms with Gasteiger partial charge in [-0.25, -0.2) is 9.18 Å². The molecule has 4 rings (SSSR count). The second kappa shape index (κ2) is 11.5. The molecule has 1 aliphatic rings. The quantitative estimate of drug-likeness (QED) is 0.352. The Labute approximate surface area is 215 Å². The predicted molar refractivity (Wildman–Crippen MR) is 142 cm³/mol. The fraction of sp³-hybridized carbons (Fsp3) is 0.345. The molecule has 2 heterocycles. The van der Waals surface area contributed by atoms with Gasteiger partial charge in [0, 0.05) is 68.9 Å². The van der Waals surface area contributed by atoms with Gasteiger partial charge in [-0.1, -0.05) is 23.8 Å². The van der Waals surface area contributed by atoms with E-state index in [1.54, 1.807) is 28.0 Å². The standard InChI is InChI=1S/C29H32FN3O4/c1-20(2)10-13-33(22-8-9-23-21(3)18-28(35)37-26(23)19-22)27(34)11-12-31-14-16-32(17-15-31)29(36)24-6-4-5-7-25(24)30/h4-10,18-19H,11-17H2,1-3H3. The van der Waals surface area contributed by atoms with Crippen molar-refractivity contribution in [3.63, 3.8) is 0 Å². The topological polar surface area (TPSA) is 74.1 Å². The van der Waals surface area contributed by atoms with E-state index in [9.17, 15) is 18.8 Å². The molecule has 1 fully saturated rings. The second-order valence-corrected chi connectivity index (χ2v) is 9.58. The van der Waals surface area contributed by atoms with Gasteiger partial charge in [-0.05, 0) is 50.6 Å². The van der Waals surface area contributed by atoms with Gasteiger partial charge in [-0.2, -0.15) is 0 Å². The van der Waals surface area contributed by atoms with Crippen molar-refractivity contribution in [1.29, 1.82) is 0 Å². The highest BCUT2D eigenvalue weighted by atomic mass is 19.1. The van der Waals surface area contributed by atoms with E-state index in [1.807, 2.05) is 39.0 Å². The zero-order valence-corrected chi connectivity index (χ0v) is 21.5. The summed E-state index contributed by atoms with van der Waals surface area (Å²) < 4.78 is 19.4. The number of carbonyl (C=O) groups is 2.